The van der Waals surface area contributed by atoms with Crippen molar-refractivity contribution in [1.29, 1.82) is 0 Å². The van der Waals surface area contributed by atoms with E-state index in [-0.39, 0.29) is 17.6 Å². The number of ether oxygens (including phenoxy) is 2. The monoisotopic (exact) mass is 337 g/mol. The van der Waals surface area contributed by atoms with Gasteiger partial charge in [0.2, 0.25) is 6.79 Å². The Kier molecular flexibility index (Phi) is 3.91. The van der Waals surface area contributed by atoms with E-state index in [1.165, 1.54) is 11.1 Å². The molecule has 4 rings (SSSR count). The Morgan fingerprint density at radius 3 is 2.56 bits per heavy atom. The number of hydrogen-bond donors (Lipinski definition) is 1. The summed E-state index contributed by atoms with van der Waals surface area (Å²) in [5, 5.41) is 0. The van der Waals surface area contributed by atoms with Crippen molar-refractivity contribution in [3.05, 3.63) is 58.6 Å². The number of carbonyl (C=O) groups excluding carboxylic acids is 1. The molecule has 0 saturated heterocycles. The number of carbonyl (C=O) groups is 1. The third kappa shape index (κ3) is 2.76. The van der Waals surface area contributed by atoms with E-state index in [0.29, 0.717) is 6.79 Å². The van der Waals surface area contributed by atoms with Crippen molar-refractivity contribution in [3.63, 3.8) is 0 Å². The van der Waals surface area contributed by atoms with Gasteiger partial charge in [0.25, 0.3) is 0 Å². The maximum absolute atomic E-state index is 12.2. The van der Waals surface area contributed by atoms with Gasteiger partial charge in [0.05, 0.1) is 0 Å². The molecule has 2 unspecified atom stereocenters. The molecular weight excluding hydrogens is 314 g/mol. The number of benzene rings is 1. The summed E-state index contributed by atoms with van der Waals surface area (Å²) >= 11 is 0. The molecule has 3 aliphatic rings. The number of anilines is 1. The van der Waals surface area contributed by atoms with Crippen LogP contribution in [0.4, 0.5) is 5.69 Å². The van der Waals surface area contributed by atoms with E-state index < -0.39 is 0 Å². The molecule has 2 N–H and O–H groups in total. The minimum Gasteiger partial charge on any atom is -0.458 e. The van der Waals surface area contributed by atoms with Crippen molar-refractivity contribution in [3.8, 4) is 0 Å². The Labute approximate surface area is 148 Å². The SMILES string of the molecule is CC(=O)C1C=C(c2ccc(N)cc2)C2=C(CCC3=C(C2)OCO3)C1C. The van der Waals surface area contributed by atoms with Gasteiger partial charge in [-0.2, -0.15) is 0 Å². The van der Waals surface area contributed by atoms with Crippen LogP contribution in [0.1, 0.15) is 38.7 Å². The van der Waals surface area contributed by atoms with Crippen molar-refractivity contribution in [2.45, 2.75) is 33.1 Å². The summed E-state index contributed by atoms with van der Waals surface area (Å²) in [7, 11) is 0. The fourth-order valence-corrected chi connectivity index (χ4v) is 4.18. The first kappa shape index (κ1) is 16.0. The second-order valence-corrected chi connectivity index (χ2v) is 7.06. The predicted octanol–water partition coefficient (Wildman–Crippen LogP) is 4.20. The Bertz CT molecular complexity index is 814. The molecular formula is C21H23NO3. The summed E-state index contributed by atoms with van der Waals surface area (Å²) in [6.07, 6.45) is 4.63. The summed E-state index contributed by atoms with van der Waals surface area (Å²) in [6.45, 7) is 4.17. The summed E-state index contributed by atoms with van der Waals surface area (Å²) < 4.78 is 11.3. The zero-order valence-corrected chi connectivity index (χ0v) is 14.7. The van der Waals surface area contributed by atoms with E-state index >= 15 is 0 Å². The van der Waals surface area contributed by atoms with Gasteiger partial charge in [-0.15, -0.1) is 0 Å². The molecule has 0 spiro atoms. The number of rotatable bonds is 2. The van der Waals surface area contributed by atoms with Gasteiger partial charge >= 0.3 is 0 Å². The first-order valence-electron chi connectivity index (χ1n) is 8.82. The van der Waals surface area contributed by atoms with Crippen LogP contribution in [0.5, 0.6) is 0 Å². The quantitative estimate of drug-likeness (QED) is 0.822. The van der Waals surface area contributed by atoms with Gasteiger partial charge in [-0.25, -0.2) is 0 Å². The summed E-state index contributed by atoms with van der Waals surface area (Å²) in [6, 6.07) is 7.89. The van der Waals surface area contributed by atoms with E-state index in [1.54, 1.807) is 6.92 Å². The molecule has 0 fully saturated rings. The van der Waals surface area contributed by atoms with Crippen LogP contribution < -0.4 is 5.73 Å². The molecule has 4 nitrogen and oxygen atoms in total. The molecule has 2 aliphatic carbocycles. The Morgan fingerprint density at radius 2 is 1.84 bits per heavy atom. The molecule has 0 amide bonds. The van der Waals surface area contributed by atoms with Crippen LogP contribution in [-0.4, -0.2) is 12.6 Å². The molecule has 1 heterocycles. The van der Waals surface area contributed by atoms with Crippen LogP contribution in [-0.2, 0) is 14.3 Å². The second-order valence-electron chi connectivity index (χ2n) is 7.06. The number of hydrogen-bond acceptors (Lipinski definition) is 4. The molecule has 1 aromatic rings. The number of allylic oxidation sites excluding steroid dienone is 5. The predicted molar refractivity (Wildman–Crippen MR) is 97.1 cm³/mol. The highest BCUT2D eigenvalue weighted by Crippen LogP contribution is 2.46. The third-order valence-electron chi connectivity index (χ3n) is 5.57. The second kappa shape index (κ2) is 6.10. The molecule has 0 radical (unpaired) electrons. The highest BCUT2D eigenvalue weighted by molar-refractivity contribution is 5.89. The zero-order chi connectivity index (χ0) is 17.6. The molecule has 0 aromatic heterocycles. The van der Waals surface area contributed by atoms with Crippen molar-refractivity contribution >= 4 is 17.0 Å². The first-order valence-corrected chi connectivity index (χ1v) is 8.82. The van der Waals surface area contributed by atoms with Crippen LogP contribution in [0.2, 0.25) is 0 Å². The Hall–Kier alpha value is -2.49. The van der Waals surface area contributed by atoms with Gasteiger partial charge in [0, 0.05) is 24.4 Å². The lowest BCUT2D eigenvalue weighted by molar-refractivity contribution is -0.120. The van der Waals surface area contributed by atoms with Crippen molar-refractivity contribution < 1.29 is 14.3 Å². The van der Waals surface area contributed by atoms with E-state index in [2.05, 4.69) is 13.0 Å². The molecule has 0 saturated carbocycles. The highest BCUT2D eigenvalue weighted by Gasteiger charge is 2.35. The van der Waals surface area contributed by atoms with E-state index in [1.807, 2.05) is 24.3 Å². The molecule has 2 atom stereocenters. The van der Waals surface area contributed by atoms with Gasteiger partial charge < -0.3 is 15.2 Å². The highest BCUT2D eigenvalue weighted by atomic mass is 16.7. The van der Waals surface area contributed by atoms with Crippen LogP contribution >= 0.6 is 0 Å². The lowest BCUT2D eigenvalue weighted by atomic mass is 9.72. The maximum atomic E-state index is 12.2. The lowest BCUT2D eigenvalue weighted by Crippen LogP contribution is -2.24. The average molecular weight is 337 g/mol. The summed E-state index contributed by atoms with van der Waals surface area (Å²) in [5.74, 6) is 2.26. The average Bonchev–Trinajstić information content (AvgIpc) is 2.94. The van der Waals surface area contributed by atoms with Crippen LogP contribution in [0, 0.1) is 11.8 Å². The van der Waals surface area contributed by atoms with Gasteiger partial charge in [-0.05, 0) is 48.1 Å². The molecule has 130 valence electrons. The van der Waals surface area contributed by atoms with Gasteiger partial charge in [-0.1, -0.05) is 30.7 Å². The minimum atomic E-state index is -0.0823. The van der Waals surface area contributed by atoms with Crippen LogP contribution in [0.25, 0.3) is 5.57 Å². The topological polar surface area (TPSA) is 61.6 Å². The third-order valence-corrected chi connectivity index (χ3v) is 5.57. The minimum absolute atomic E-state index is 0.0823. The molecule has 1 aromatic carbocycles. The van der Waals surface area contributed by atoms with E-state index in [4.69, 9.17) is 15.2 Å². The van der Waals surface area contributed by atoms with Crippen molar-refractivity contribution in [2.24, 2.45) is 11.8 Å². The van der Waals surface area contributed by atoms with Crippen LogP contribution in [0.3, 0.4) is 0 Å². The molecule has 0 bridgehead atoms. The number of nitrogens with two attached hydrogens (primary N) is 1. The van der Waals surface area contributed by atoms with Crippen molar-refractivity contribution in [2.75, 3.05) is 12.5 Å². The Morgan fingerprint density at radius 1 is 1.12 bits per heavy atom. The van der Waals surface area contributed by atoms with Gasteiger partial charge in [0.1, 0.15) is 17.3 Å². The number of Topliss-reactive ketones (excluding diaryl/α,β-unsaturated/α-hetero) is 1. The largest absolute Gasteiger partial charge is 0.458 e. The van der Waals surface area contributed by atoms with Gasteiger partial charge in [-0.3, -0.25) is 4.79 Å². The smallest absolute Gasteiger partial charge is 0.230 e. The van der Waals surface area contributed by atoms with Crippen LogP contribution in [0.15, 0.2) is 53.0 Å². The summed E-state index contributed by atoms with van der Waals surface area (Å²) in [5.41, 5.74) is 11.5. The molecule has 4 heteroatoms. The van der Waals surface area contributed by atoms with E-state index in [0.717, 1.165) is 47.6 Å². The molecule has 25 heavy (non-hydrogen) atoms. The fourth-order valence-electron chi connectivity index (χ4n) is 4.18. The number of nitrogen functional groups attached to an aromatic ring is 1. The standard InChI is InChI=1S/C21H23NO3/c1-12-16-7-8-20-21(25-11-24-20)10-19(16)18(9-17(12)13(2)23)14-3-5-15(22)6-4-14/h3-6,9,12,17H,7-8,10-11,22H2,1-2H3. The number of ketones is 1. The first-order chi connectivity index (χ1) is 12.0. The summed E-state index contributed by atoms with van der Waals surface area (Å²) in [4.78, 5) is 12.2. The van der Waals surface area contributed by atoms with Gasteiger partial charge in [0.15, 0.2) is 0 Å². The normalized spacial score (nSPS) is 25.4. The van der Waals surface area contributed by atoms with Crippen molar-refractivity contribution in [1.82, 2.24) is 0 Å². The Balaban J connectivity index is 1.82. The fraction of sp³-hybridized carbons (Fsp3) is 0.381. The maximum Gasteiger partial charge on any atom is 0.230 e. The zero-order valence-electron chi connectivity index (χ0n) is 14.7. The molecule has 1 aliphatic heterocycles. The van der Waals surface area contributed by atoms with E-state index in [9.17, 15) is 4.79 Å². The lowest BCUT2D eigenvalue weighted by Gasteiger charge is -2.31.